The minimum Gasteiger partial charge on any atom is -0.0622 e. The topological polar surface area (TPSA) is 0 Å². The molecule has 0 nitrogen and oxygen atoms in total. The Morgan fingerprint density at radius 3 is 0.900 bits per heavy atom. The molecule has 0 fully saturated rings. The van der Waals surface area contributed by atoms with E-state index < -0.39 is 7.92 Å². The van der Waals surface area contributed by atoms with Crippen LogP contribution in [0.4, 0.5) is 0 Å². The van der Waals surface area contributed by atoms with Gasteiger partial charge in [-0.1, -0.05) is 91.0 Å². The van der Waals surface area contributed by atoms with E-state index in [1.54, 1.807) is 0 Å². The van der Waals surface area contributed by atoms with Crippen molar-refractivity contribution in [2.24, 2.45) is 0 Å². The van der Waals surface area contributed by atoms with E-state index in [1.165, 1.54) is 15.9 Å². The number of rotatable bonds is 3. The first-order chi connectivity index (χ1) is 9.45. The smallest absolute Gasteiger partial charge is 0 e. The maximum absolute atomic E-state index is 2.23. The molecule has 97 valence electrons. The molecule has 3 aromatic rings. The second-order valence-corrected chi connectivity index (χ2v) is 6.56. The third-order valence-electron chi connectivity index (χ3n) is 3.04. The van der Waals surface area contributed by atoms with Crippen LogP contribution in [0.2, 0.25) is 0 Å². The Labute approximate surface area is 137 Å². The molecule has 0 N–H and O–H groups in total. The minimum atomic E-state index is -0.446. The molecule has 3 aromatic carbocycles. The second kappa shape index (κ2) is 7.57. The van der Waals surface area contributed by atoms with Crippen LogP contribution in [-0.2, 0) is 22.4 Å². The summed E-state index contributed by atoms with van der Waals surface area (Å²) in [6.45, 7) is 0. The fourth-order valence-corrected chi connectivity index (χ4v) is 4.48. The molecule has 0 heterocycles. The monoisotopic (exact) mass is 355 g/mol. The van der Waals surface area contributed by atoms with Gasteiger partial charge in [-0.25, -0.2) is 0 Å². The maximum atomic E-state index is 2.23. The fraction of sp³-hybridized carbons (Fsp3) is 0. The summed E-state index contributed by atoms with van der Waals surface area (Å²) in [4.78, 5) is 0. The average molecular weight is 355 g/mol. The van der Waals surface area contributed by atoms with E-state index in [0.29, 0.717) is 0 Å². The molecule has 0 spiro atoms. The Hall–Kier alpha value is -1.17. The van der Waals surface area contributed by atoms with Crippen molar-refractivity contribution in [1.82, 2.24) is 0 Å². The van der Waals surface area contributed by atoms with Crippen LogP contribution < -0.4 is 15.9 Å². The van der Waals surface area contributed by atoms with Crippen molar-refractivity contribution >= 4 is 23.8 Å². The fourth-order valence-electron chi connectivity index (χ4n) is 2.18. The molecule has 0 saturated carbocycles. The summed E-state index contributed by atoms with van der Waals surface area (Å²) in [7, 11) is -0.446. The van der Waals surface area contributed by atoms with E-state index in [4.69, 9.17) is 0 Å². The van der Waals surface area contributed by atoms with Crippen molar-refractivity contribution in [2.45, 2.75) is 0 Å². The third-order valence-corrected chi connectivity index (χ3v) is 5.49. The molecule has 0 aliphatic carbocycles. The minimum absolute atomic E-state index is 0. The average Bonchev–Trinajstić information content (AvgIpc) is 2.51. The maximum Gasteiger partial charge on any atom is 0 e. The molecule has 0 unspecified atom stereocenters. The molecule has 1 radical (unpaired) electrons. The molecule has 0 saturated heterocycles. The van der Waals surface area contributed by atoms with Crippen molar-refractivity contribution in [3.63, 3.8) is 0 Å². The molecule has 3 rings (SSSR count). The molecule has 0 aliphatic heterocycles. The van der Waals surface area contributed by atoms with Gasteiger partial charge in [0.15, 0.2) is 0 Å². The first-order valence-electron chi connectivity index (χ1n) is 6.40. The Balaban J connectivity index is 0.00000147. The summed E-state index contributed by atoms with van der Waals surface area (Å²) in [5.41, 5.74) is 0. The first-order valence-corrected chi connectivity index (χ1v) is 7.74. The van der Waals surface area contributed by atoms with Gasteiger partial charge < -0.3 is 0 Å². The van der Waals surface area contributed by atoms with Crippen LogP contribution in [0.3, 0.4) is 0 Å². The van der Waals surface area contributed by atoms with Gasteiger partial charge in [-0.05, 0) is 23.8 Å². The third kappa shape index (κ3) is 3.48. The van der Waals surface area contributed by atoms with Crippen LogP contribution >= 0.6 is 7.92 Å². The zero-order valence-electron chi connectivity index (χ0n) is 11.1. The van der Waals surface area contributed by atoms with Crippen molar-refractivity contribution in [1.29, 1.82) is 0 Å². The van der Waals surface area contributed by atoms with Crippen LogP contribution in [0.5, 0.6) is 0 Å². The molecule has 20 heavy (non-hydrogen) atoms. The molecule has 0 aromatic heterocycles. The van der Waals surface area contributed by atoms with Gasteiger partial charge in [-0.3, -0.25) is 0 Å². The second-order valence-electron chi connectivity index (χ2n) is 4.34. The van der Waals surface area contributed by atoms with E-state index in [0.717, 1.165) is 0 Å². The summed E-state index contributed by atoms with van der Waals surface area (Å²) < 4.78 is 0. The van der Waals surface area contributed by atoms with Crippen molar-refractivity contribution in [3.8, 4) is 0 Å². The zero-order valence-corrected chi connectivity index (χ0v) is 14.1. The molecular formula is C18H15NbP. The Kier molecular flexibility index (Phi) is 5.76. The first kappa shape index (κ1) is 15.2. The van der Waals surface area contributed by atoms with E-state index in [1.807, 2.05) is 0 Å². The Morgan fingerprint density at radius 1 is 0.400 bits per heavy atom. The van der Waals surface area contributed by atoms with E-state index in [9.17, 15) is 0 Å². The van der Waals surface area contributed by atoms with Crippen LogP contribution in [0.1, 0.15) is 0 Å². The molecule has 0 aliphatic rings. The van der Waals surface area contributed by atoms with Gasteiger partial charge in [0.2, 0.25) is 0 Å². The molecular weight excluding hydrogens is 340 g/mol. The van der Waals surface area contributed by atoms with E-state index in [-0.39, 0.29) is 22.4 Å². The van der Waals surface area contributed by atoms with Gasteiger partial charge in [-0.15, -0.1) is 0 Å². The largest absolute Gasteiger partial charge is 0.0622 e. The number of hydrogen-bond acceptors (Lipinski definition) is 0. The molecule has 2 heteroatoms. The Morgan fingerprint density at radius 2 is 0.650 bits per heavy atom. The van der Waals surface area contributed by atoms with Gasteiger partial charge in [0.1, 0.15) is 0 Å². The Bertz CT molecular complexity index is 529. The van der Waals surface area contributed by atoms with E-state index >= 15 is 0 Å². The zero-order chi connectivity index (χ0) is 12.9. The van der Waals surface area contributed by atoms with Crippen LogP contribution in [0.15, 0.2) is 91.0 Å². The summed E-state index contributed by atoms with van der Waals surface area (Å²) in [5.74, 6) is 0. The van der Waals surface area contributed by atoms with Gasteiger partial charge in [0.25, 0.3) is 0 Å². The van der Waals surface area contributed by atoms with Crippen molar-refractivity contribution < 1.29 is 22.4 Å². The van der Waals surface area contributed by atoms with Gasteiger partial charge in [-0.2, -0.15) is 0 Å². The van der Waals surface area contributed by atoms with Crippen LogP contribution in [0.25, 0.3) is 0 Å². The van der Waals surface area contributed by atoms with Gasteiger partial charge in [0.05, 0.1) is 0 Å². The summed E-state index contributed by atoms with van der Waals surface area (Å²) >= 11 is 0. The predicted octanol–water partition coefficient (Wildman–Crippen LogP) is 3.44. The number of benzene rings is 3. The van der Waals surface area contributed by atoms with Crippen molar-refractivity contribution in [2.75, 3.05) is 0 Å². The van der Waals surface area contributed by atoms with Crippen LogP contribution in [0, 0.1) is 0 Å². The van der Waals surface area contributed by atoms with Crippen LogP contribution in [-0.4, -0.2) is 0 Å². The summed E-state index contributed by atoms with van der Waals surface area (Å²) in [5, 5.41) is 4.19. The quantitative estimate of drug-likeness (QED) is 0.499. The van der Waals surface area contributed by atoms with Gasteiger partial charge in [0, 0.05) is 22.4 Å². The van der Waals surface area contributed by atoms with Crippen molar-refractivity contribution in [3.05, 3.63) is 91.0 Å². The predicted molar refractivity (Wildman–Crippen MR) is 85.1 cm³/mol. The SMILES string of the molecule is [Nb].c1ccc(P(c2ccccc2)c2ccccc2)cc1. The number of hydrogen-bond donors (Lipinski definition) is 0. The van der Waals surface area contributed by atoms with Gasteiger partial charge >= 0.3 is 0 Å². The summed E-state index contributed by atoms with van der Waals surface area (Å²) in [6, 6.07) is 32.3. The summed E-state index contributed by atoms with van der Waals surface area (Å²) in [6.07, 6.45) is 0. The van der Waals surface area contributed by atoms with E-state index in [2.05, 4.69) is 91.0 Å². The standard InChI is InChI=1S/C18H15P.Nb/c1-4-10-16(11-5-1)19(17-12-6-2-7-13-17)18-14-8-3-9-15-18;/h1-15H;. The molecule has 0 bridgehead atoms. The molecule has 0 amide bonds. The molecule has 0 atom stereocenters. The normalized spacial score (nSPS) is 10.1.